The van der Waals surface area contributed by atoms with E-state index in [1.807, 2.05) is 13.8 Å². The summed E-state index contributed by atoms with van der Waals surface area (Å²) in [6.45, 7) is 3.39. The highest BCUT2D eigenvalue weighted by atomic mass is 16.7. The van der Waals surface area contributed by atoms with Crippen molar-refractivity contribution in [1.29, 1.82) is 0 Å². The minimum atomic E-state index is -1.54. The smallest absolute Gasteiger partial charge is 0.338 e. The minimum absolute atomic E-state index is 0.0113. The summed E-state index contributed by atoms with van der Waals surface area (Å²) in [7, 11) is 0. The van der Waals surface area contributed by atoms with E-state index in [1.54, 1.807) is 138 Å². The molecule has 0 N–H and O–H groups in total. The second-order valence-corrected chi connectivity index (χ2v) is 12.1. The van der Waals surface area contributed by atoms with Crippen molar-refractivity contribution < 1.29 is 47.6 Å². The van der Waals surface area contributed by atoms with Crippen molar-refractivity contribution in [3.63, 3.8) is 0 Å². The third kappa shape index (κ3) is 8.71. The number of hydrogen-bond donors (Lipinski definition) is 0. The Balaban J connectivity index is 1.41. The van der Waals surface area contributed by atoms with Crippen LogP contribution < -0.4 is 4.74 Å². The Morgan fingerprint density at radius 2 is 1.02 bits per heavy atom. The lowest BCUT2D eigenvalue weighted by molar-refractivity contribution is -0.276. The fourth-order valence-electron chi connectivity index (χ4n) is 5.41. The van der Waals surface area contributed by atoms with Gasteiger partial charge in [0, 0.05) is 18.3 Å². The summed E-state index contributed by atoms with van der Waals surface area (Å²) in [6.07, 6.45) is -5.64. The van der Waals surface area contributed by atoms with Gasteiger partial charge >= 0.3 is 23.9 Å². The maximum Gasteiger partial charge on any atom is 0.338 e. The lowest BCUT2D eigenvalue weighted by atomic mass is 9.97. The van der Waals surface area contributed by atoms with E-state index in [-0.39, 0.29) is 34.2 Å². The van der Waals surface area contributed by atoms with Gasteiger partial charge < -0.3 is 28.4 Å². The van der Waals surface area contributed by atoms with Gasteiger partial charge in [0.2, 0.25) is 18.3 Å². The van der Waals surface area contributed by atoms with Gasteiger partial charge in [-0.15, -0.1) is 5.10 Å². The number of benzene rings is 4. The Morgan fingerprint density at radius 1 is 0.596 bits per heavy atom. The molecular weight excluding hydrogens is 668 g/mol. The Hall–Kier alpha value is -6.27. The van der Waals surface area contributed by atoms with Gasteiger partial charge in [-0.2, -0.15) is 0 Å². The highest BCUT2D eigenvalue weighted by Gasteiger charge is 2.54. The summed E-state index contributed by atoms with van der Waals surface area (Å²) in [5, 5.41) is 4.45. The minimum Gasteiger partial charge on any atom is -0.459 e. The van der Waals surface area contributed by atoms with E-state index < -0.39 is 61.2 Å². The molecule has 0 unspecified atom stereocenters. The largest absolute Gasteiger partial charge is 0.459 e. The highest BCUT2D eigenvalue weighted by Crippen LogP contribution is 2.32. The topological polar surface area (TPSA) is 141 Å². The van der Waals surface area contributed by atoms with Gasteiger partial charge in [0.05, 0.1) is 22.3 Å². The van der Waals surface area contributed by atoms with Crippen LogP contribution in [0.5, 0.6) is 5.88 Å². The molecule has 4 aromatic carbocycles. The average Bonchev–Trinajstić information content (AvgIpc) is 3.66. The van der Waals surface area contributed by atoms with E-state index in [4.69, 9.17) is 28.4 Å². The number of rotatable bonds is 12. The molecule has 1 fully saturated rings. The maximum absolute atomic E-state index is 13.7. The van der Waals surface area contributed by atoms with Crippen molar-refractivity contribution in [2.45, 2.75) is 50.6 Å². The van der Waals surface area contributed by atoms with Crippen LogP contribution in [0.4, 0.5) is 0 Å². The molecule has 0 saturated carbocycles. The molecule has 6 rings (SSSR count). The van der Waals surface area contributed by atoms with E-state index in [0.29, 0.717) is 0 Å². The molecule has 1 aliphatic rings. The second-order valence-electron chi connectivity index (χ2n) is 12.1. The zero-order valence-corrected chi connectivity index (χ0v) is 28.3. The van der Waals surface area contributed by atoms with E-state index in [1.165, 1.54) is 0 Å². The molecule has 266 valence electrons. The predicted octanol–water partition coefficient (Wildman–Crippen LogP) is 6.10. The van der Waals surface area contributed by atoms with Crippen LogP contribution in [0.25, 0.3) is 0 Å². The summed E-state index contributed by atoms with van der Waals surface area (Å²) in [5.41, 5.74) is 0.821. The first-order valence-corrected chi connectivity index (χ1v) is 16.6. The normalized spacial score (nSPS) is 19.6. The SMILES string of the molecule is CC(C)n1ccc(O[C@@H]2O[C@H](COC(=O)c3ccccc3)[C@@H](OC(=O)c3ccccc3)[C@H](OC(=O)c3ccccc3)[C@H]2OC(=O)c2ccccc2)n1. The van der Waals surface area contributed by atoms with Crippen molar-refractivity contribution in [3.8, 4) is 5.88 Å². The molecule has 0 spiro atoms. The summed E-state index contributed by atoms with van der Waals surface area (Å²) in [4.78, 5) is 54.1. The lowest BCUT2D eigenvalue weighted by Crippen LogP contribution is -2.64. The molecule has 0 aliphatic carbocycles. The molecule has 52 heavy (non-hydrogen) atoms. The Kier molecular flexibility index (Phi) is 11.4. The van der Waals surface area contributed by atoms with Crippen molar-refractivity contribution in [2.24, 2.45) is 0 Å². The Bertz CT molecular complexity index is 1950. The van der Waals surface area contributed by atoms with Crippen LogP contribution >= 0.6 is 0 Å². The van der Waals surface area contributed by atoms with Crippen molar-refractivity contribution >= 4 is 23.9 Å². The van der Waals surface area contributed by atoms with Crippen LogP contribution in [0.2, 0.25) is 0 Å². The van der Waals surface area contributed by atoms with Crippen molar-refractivity contribution in [1.82, 2.24) is 9.78 Å². The number of ether oxygens (including phenoxy) is 6. The lowest BCUT2D eigenvalue weighted by Gasteiger charge is -2.44. The van der Waals surface area contributed by atoms with Gasteiger partial charge in [0.1, 0.15) is 12.7 Å². The van der Waals surface area contributed by atoms with Gasteiger partial charge in [-0.05, 0) is 62.4 Å². The first-order chi connectivity index (χ1) is 25.3. The van der Waals surface area contributed by atoms with E-state index in [2.05, 4.69) is 5.10 Å². The molecule has 2 heterocycles. The molecule has 12 heteroatoms. The summed E-state index contributed by atoms with van der Waals surface area (Å²) >= 11 is 0. The Labute approximate surface area is 299 Å². The number of hydrogen-bond acceptors (Lipinski definition) is 11. The molecule has 12 nitrogen and oxygen atoms in total. The number of carbonyl (C=O) groups is 4. The van der Waals surface area contributed by atoms with Gasteiger partial charge in [-0.3, -0.25) is 4.68 Å². The molecule has 1 aromatic heterocycles. The van der Waals surface area contributed by atoms with E-state index in [9.17, 15) is 19.2 Å². The van der Waals surface area contributed by atoms with E-state index in [0.717, 1.165) is 0 Å². The number of carbonyl (C=O) groups excluding carboxylic acids is 4. The molecule has 5 atom stereocenters. The van der Waals surface area contributed by atoms with Crippen LogP contribution in [0.1, 0.15) is 61.3 Å². The molecule has 0 bridgehead atoms. The third-order valence-corrected chi connectivity index (χ3v) is 8.09. The fraction of sp³-hybridized carbons (Fsp3) is 0.225. The monoisotopic (exact) mass is 704 g/mol. The third-order valence-electron chi connectivity index (χ3n) is 8.09. The van der Waals surface area contributed by atoms with Crippen molar-refractivity contribution in [3.05, 3.63) is 156 Å². The summed E-state index contributed by atoms with van der Waals surface area (Å²) < 4.78 is 38.0. The zero-order valence-electron chi connectivity index (χ0n) is 28.3. The zero-order chi connectivity index (χ0) is 36.5. The fourth-order valence-corrected chi connectivity index (χ4v) is 5.41. The van der Waals surface area contributed by atoms with Crippen LogP contribution in [0.3, 0.4) is 0 Å². The number of aromatic nitrogens is 2. The molecule has 1 saturated heterocycles. The first kappa shape index (κ1) is 35.6. The summed E-state index contributed by atoms with van der Waals surface area (Å²) in [6, 6.07) is 34.3. The molecule has 1 aliphatic heterocycles. The van der Waals surface area contributed by atoms with Gasteiger partial charge in [-0.25, -0.2) is 19.2 Å². The summed E-state index contributed by atoms with van der Waals surface area (Å²) in [5.74, 6) is -2.97. The Morgan fingerprint density at radius 3 is 1.46 bits per heavy atom. The highest BCUT2D eigenvalue weighted by molar-refractivity contribution is 5.91. The first-order valence-electron chi connectivity index (χ1n) is 16.6. The van der Waals surface area contributed by atoms with Gasteiger partial charge in [0.25, 0.3) is 0 Å². The van der Waals surface area contributed by atoms with Crippen LogP contribution in [0, 0.1) is 0 Å². The average molecular weight is 705 g/mol. The molecule has 5 aromatic rings. The quantitative estimate of drug-likeness (QED) is 0.110. The second kappa shape index (κ2) is 16.6. The van der Waals surface area contributed by atoms with Crippen LogP contribution in [-0.2, 0) is 23.7 Å². The van der Waals surface area contributed by atoms with Crippen molar-refractivity contribution in [2.75, 3.05) is 6.61 Å². The molecule has 0 amide bonds. The number of nitrogens with zero attached hydrogens (tertiary/aromatic N) is 2. The predicted molar refractivity (Wildman–Crippen MR) is 186 cm³/mol. The van der Waals surface area contributed by atoms with Crippen LogP contribution in [0.15, 0.2) is 134 Å². The standard InChI is InChI=1S/C40H36N2O10/c1-26(2)42-24-23-32(41-42)49-40-35(52-39(46)30-21-13-6-14-22-30)34(51-38(45)29-19-11-5-12-20-29)33(50-37(44)28-17-9-4-10-18-28)31(48-40)25-47-36(43)27-15-7-3-8-16-27/h3-24,26,31,33-35,40H,25H2,1-2H3/t31-,33-,34+,35-,40+/m1/s1. The van der Waals surface area contributed by atoms with E-state index >= 15 is 0 Å². The maximum atomic E-state index is 13.7. The molecular formula is C40H36N2O10. The number of esters is 4. The van der Waals surface area contributed by atoms with Gasteiger partial charge in [-0.1, -0.05) is 72.8 Å². The molecule has 0 radical (unpaired) electrons. The van der Waals surface area contributed by atoms with Gasteiger partial charge in [0.15, 0.2) is 12.2 Å². The van der Waals surface area contributed by atoms with Crippen LogP contribution in [-0.4, -0.2) is 71.0 Å².